The van der Waals surface area contributed by atoms with Crippen molar-refractivity contribution in [3.63, 3.8) is 0 Å². The molecular weight excluding hydrogens is 229 g/mol. The minimum Gasteiger partial charge on any atom is -0.383 e. The predicted molar refractivity (Wildman–Crippen MR) is 71.6 cm³/mol. The Hall–Kier alpha value is -1.84. The van der Waals surface area contributed by atoms with Gasteiger partial charge in [-0.2, -0.15) is 0 Å². The minimum atomic E-state index is -0.209. The van der Waals surface area contributed by atoms with E-state index in [4.69, 9.17) is 5.73 Å². The largest absolute Gasteiger partial charge is 0.383 e. The van der Waals surface area contributed by atoms with Gasteiger partial charge in [-0.05, 0) is 36.6 Å². The van der Waals surface area contributed by atoms with Gasteiger partial charge in [0.05, 0.1) is 6.33 Å². The summed E-state index contributed by atoms with van der Waals surface area (Å²) in [5.41, 5.74) is 8.26. The lowest BCUT2D eigenvalue weighted by molar-refractivity contribution is 0.527. The second-order valence-corrected chi connectivity index (χ2v) is 4.99. The maximum atomic E-state index is 13.2. The third-order valence-corrected chi connectivity index (χ3v) is 2.87. The first-order valence-corrected chi connectivity index (χ1v) is 6.06. The molecule has 0 fully saturated rings. The summed E-state index contributed by atoms with van der Waals surface area (Å²) in [7, 11) is 0. The van der Waals surface area contributed by atoms with Crippen LogP contribution in [0.1, 0.15) is 19.4 Å². The SMILES string of the molecule is Cc1cc(-c2ncn(CC(C)C)c2N)ccc1F. The average Bonchev–Trinajstić information content (AvgIpc) is 2.64. The Morgan fingerprint density at radius 3 is 2.72 bits per heavy atom. The molecule has 0 spiro atoms. The van der Waals surface area contributed by atoms with Crippen LogP contribution < -0.4 is 5.73 Å². The van der Waals surface area contributed by atoms with Gasteiger partial charge in [0.1, 0.15) is 17.3 Å². The summed E-state index contributed by atoms with van der Waals surface area (Å²) in [5, 5.41) is 0. The Bertz CT molecular complexity index is 558. The van der Waals surface area contributed by atoms with Crippen LogP contribution >= 0.6 is 0 Å². The Morgan fingerprint density at radius 1 is 1.39 bits per heavy atom. The molecule has 1 aromatic carbocycles. The fraction of sp³-hybridized carbons (Fsp3) is 0.357. The van der Waals surface area contributed by atoms with E-state index in [0.29, 0.717) is 17.3 Å². The highest BCUT2D eigenvalue weighted by Crippen LogP contribution is 2.26. The van der Waals surface area contributed by atoms with Crippen LogP contribution in [0.2, 0.25) is 0 Å². The molecule has 0 bridgehead atoms. The van der Waals surface area contributed by atoms with E-state index < -0.39 is 0 Å². The van der Waals surface area contributed by atoms with Crippen LogP contribution in [0.5, 0.6) is 0 Å². The number of benzene rings is 1. The van der Waals surface area contributed by atoms with Crippen molar-refractivity contribution in [3.05, 3.63) is 35.9 Å². The van der Waals surface area contributed by atoms with Gasteiger partial charge in [-0.15, -0.1) is 0 Å². The fourth-order valence-electron chi connectivity index (χ4n) is 1.95. The highest BCUT2D eigenvalue weighted by atomic mass is 19.1. The zero-order chi connectivity index (χ0) is 13.3. The van der Waals surface area contributed by atoms with Gasteiger partial charge >= 0.3 is 0 Å². The third kappa shape index (κ3) is 2.37. The quantitative estimate of drug-likeness (QED) is 0.904. The highest BCUT2D eigenvalue weighted by molar-refractivity contribution is 5.70. The number of aryl methyl sites for hydroxylation is 1. The summed E-state index contributed by atoms with van der Waals surface area (Å²) in [6, 6.07) is 4.93. The summed E-state index contributed by atoms with van der Waals surface area (Å²) in [6.45, 7) is 6.82. The van der Waals surface area contributed by atoms with Crippen molar-refractivity contribution in [2.45, 2.75) is 27.3 Å². The summed E-state index contributed by atoms with van der Waals surface area (Å²) in [6.07, 6.45) is 1.74. The molecule has 0 unspecified atom stereocenters. The number of nitrogens with zero attached hydrogens (tertiary/aromatic N) is 2. The van der Waals surface area contributed by atoms with Crippen LogP contribution in [-0.4, -0.2) is 9.55 Å². The van der Waals surface area contributed by atoms with E-state index in [9.17, 15) is 4.39 Å². The van der Waals surface area contributed by atoms with Crippen molar-refractivity contribution in [2.75, 3.05) is 5.73 Å². The van der Waals surface area contributed by atoms with Gasteiger partial charge in [0, 0.05) is 12.1 Å². The minimum absolute atomic E-state index is 0.209. The van der Waals surface area contributed by atoms with Crippen LogP contribution in [0.15, 0.2) is 24.5 Å². The van der Waals surface area contributed by atoms with Gasteiger partial charge in [0.25, 0.3) is 0 Å². The summed E-state index contributed by atoms with van der Waals surface area (Å²) in [5.74, 6) is 0.929. The van der Waals surface area contributed by atoms with Crippen molar-refractivity contribution < 1.29 is 4.39 Å². The van der Waals surface area contributed by atoms with Crippen molar-refractivity contribution >= 4 is 5.82 Å². The van der Waals surface area contributed by atoms with E-state index in [-0.39, 0.29) is 5.82 Å². The molecule has 2 aromatic rings. The number of anilines is 1. The van der Waals surface area contributed by atoms with E-state index in [0.717, 1.165) is 17.8 Å². The molecule has 0 aliphatic rings. The molecule has 2 N–H and O–H groups in total. The van der Waals surface area contributed by atoms with Gasteiger partial charge in [0.2, 0.25) is 0 Å². The fourth-order valence-corrected chi connectivity index (χ4v) is 1.95. The number of rotatable bonds is 3. The Morgan fingerprint density at radius 2 is 2.11 bits per heavy atom. The second kappa shape index (κ2) is 4.80. The van der Waals surface area contributed by atoms with Gasteiger partial charge in [-0.3, -0.25) is 0 Å². The normalized spacial score (nSPS) is 11.2. The average molecular weight is 247 g/mol. The number of nitrogens with two attached hydrogens (primary N) is 1. The summed E-state index contributed by atoms with van der Waals surface area (Å²) >= 11 is 0. The zero-order valence-corrected chi connectivity index (χ0v) is 10.9. The molecule has 4 heteroatoms. The summed E-state index contributed by atoms with van der Waals surface area (Å²) < 4.78 is 15.2. The summed E-state index contributed by atoms with van der Waals surface area (Å²) in [4.78, 5) is 4.33. The molecule has 2 rings (SSSR count). The number of imidazole rings is 1. The van der Waals surface area contributed by atoms with Crippen LogP contribution in [0, 0.1) is 18.7 Å². The van der Waals surface area contributed by atoms with E-state index in [2.05, 4.69) is 18.8 Å². The third-order valence-electron chi connectivity index (χ3n) is 2.87. The molecule has 0 amide bonds. The molecule has 0 saturated carbocycles. The van der Waals surface area contributed by atoms with Crippen LogP contribution in [0.3, 0.4) is 0 Å². The molecule has 0 saturated heterocycles. The van der Waals surface area contributed by atoms with Gasteiger partial charge in [-0.1, -0.05) is 13.8 Å². The van der Waals surface area contributed by atoms with Crippen LogP contribution in [0.25, 0.3) is 11.3 Å². The second-order valence-electron chi connectivity index (χ2n) is 4.99. The number of halogens is 1. The monoisotopic (exact) mass is 247 g/mol. The number of hydrogen-bond acceptors (Lipinski definition) is 2. The number of nitrogen functional groups attached to an aromatic ring is 1. The Kier molecular flexibility index (Phi) is 3.36. The molecule has 1 aromatic heterocycles. The molecule has 96 valence electrons. The van der Waals surface area contributed by atoms with Crippen LogP contribution in [-0.2, 0) is 6.54 Å². The molecule has 0 radical (unpaired) electrons. The topological polar surface area (TPSA) is 43.8 Å². The van der Waals surface area contributed by atoms with Gasteiger partial charge in [0.15, 0.2) is 0 Å². The smallest absolute Gasteiger partial charge is 0.131 e. The van der Waals surface area contributed by atoms with Crippen LogP contribution in [0.4, 0.5) is 10.2 Å². The Balaban J connectivity index is 2.39. The van der Waals surface area contributed by atoms with E-state index in [1.165, 1.54) is 6.07 Å². The maximum absolute atomic E-state index is 13.2. The molecule has 0 aliphatic heterocycles. The van der Waals surface area contributed by atoms with Crippen molar-refractivity contribution in [3.8, 4) is 11.3 Å². The standard InChI is InChI=1S/C14H18FN3/c1-9(2)7-18-8-17-13(14(18)16)11-4-5-12(15)10(3)6-11/h4-6,8-9H,7,16H2,1-3H3. The first-order chi connectivity index (χ1) is 8.49. The zero-order valence-electron chi connectivity index (χ0n) is 10.9. The molecular formula is C14H18FN3. The molecule has 1 heterocycles. The number of aromatic nitrogens is 2. The van der Waals surface area contributed by atoms with Gasteiger partial charge in [-0.25, -0.2) is 9.37 Å². The van der Waals surface area contributed by atoms with Crippen molar-refractivity contribution in [2.24, 2.45) is 5.92 Å². The number of hydrogen-bond donors (Lipinski definition) is 1. The van der Waals surface area contributed by atoms with Crippen molar-refractivity contribution in [1.82, 2.24) is 9.55 Å². The first kappa shape index (κ1) is 12.6. The molecule has 0 aliphatic carbocycles. The first-order valence-electron chi connectivity index (χ1n) is 6.06. The Labute approximate surface area is 106 Å². The lowest BCUT2D eigenvalue weighted by Crippen LogP contribution is -2.06. The predicted octanol–water partition coefficient (Wildman–Crippen LogP) is 3.24. The van der Waals surface area contributed by atoms with Gasteiger partial charge < -0.3 is 10.3 Å². The molecule has 0 atom stereocenters. The lowest BCUT2D eigenvalue weighted by Gasteiger charge is -2.08. The molecule has 3 nitrogen and oxygen atoms in total. The van der Waals surface area contributed by atoms with E-state index in [1.807, 2.05) is 4.57 Å². The van der Waals surface area contributed by atoms with E-state index >= 15 is 0 Å². The highest BCUT2D eigenvalue weighted by Gasteiger charge is 2.11. The molecule has 18 heavy (non-hydrogen) atoms. The van der Waals surface area contributed by atoms with E-state index in [1.54, 1.807) is 25.4 Å². The maximum Gasteiger partial charge on any atom is 0.131 e. The lowest BCUT2D eigenvalue weighted by atomic mass is 10.1. The van der Waals surface area contributed by atoms with Crippen molar-refractivity contribution in [1.29, 1.82) is 0 Å².